The number of likely N-dealkylation sites (tertiary alicyclic amines) is 1. The molecule has 1 atom stereocenters. The number of rotatable bonds is 11. The third-order valence-corrected chi connectivity index (χ3v) is 5.29. The number of methoxy groups -OCH3 is 1. The predicted molar refractivity (Wildman–Crippen MR) is 110 cm³/mol. The lowest BCUT2D eigenvalue weighted by molar-refractivity contribution is -0.140. The smallest absolute Gasteiger partial charge is 0.305 e. The van der Waals surface area contributed by atoms with Crippen LogP contribution in [0.5, 0.6) is 0 Å². The lowest BCUT2D eigenvalue weighted by Gasteiger charge is -2.35. The van der Waals surface area contributed by atoms with E-state index in [0.29, 0.717) is 25.1 Å². The molecule has 1 heterocycles. The van der Waals surface area contributed by atoms with Crippen LogP contribution in [-0.4, -0.2) is 41.6 Å². The van der Waals surface area contributed by atoms with Crippen LogP contribution < -0.4 is 0 Å². The third-order valence-electron chi connectivity index (χ3n) is 5.29. The van der Waals surface area contributed by atoms with Crippen molar-refractivity contribution in [2.75, 3.05) is 13.7 Å². The van der Waals surface area contributed by atoms with Crippen LogP contribution in [0.1, 0.15) is 63.4 Å². The van der Waals surface area contributed by atoms with Crippen molar-refractivity contribution in [3.63, 3.8) is 0 Å². The Morgan fingerprint density at radius 2 is 1.96 bits per heavy atom. The first-order chi connectivity index (χ1) is 13.6. The van der Waals surface area contributed by atoms with Gasteiger partial charge in [-0.05, 0) is 50.2 Å². The molecular weight excluding hydrogens is 354 g/mol. The summed E-state index contributed by atoms with van der Waals surface area (Å²) in [5.41, 5.74) is 1.25. The van der Waals surface area contributed by atoms with Crippen molar-refractivity contribution < 1.29 is 19.4 Å². The van der Waals surface area contributed by atoms with Gasteiger partial charge in [-0.15, -0.1) is 0 Å². The van der Waals surface area contributed by atoms with Gasteiger partial charge in [0.25, 0.3) is 0 Å². The zero-order chi connectivity index (χ0) is 20.2. The topological polar surface area (TPSA) is 66.8 Å². The molecule has 0 aliphatic carbocycles. The van der Waals surface area contributed by atoms with Gasteiger partial charge in [-0.3, -0.25) is 9.59 Å². The van der Waals surface area contributed by atoms with Crippen LogP contribution in [0, 0.1) is 0 Å². The van der Waals surface area contributed by atoms with Crippen molar-refractivity contribution in [2.24, 2.45) is 0 Å². The fourth-order valence-corrected chi connectivity index (χ4v) is 3.68. The first kappa shape index (κ1) is 22.0. The van der Waals surface area contributed by atoms with Gasteiger partial charge in [0.1, 0.15) is 5.76 Å². The highest BCUT2D eigenvalue weighted by Crippen LogP contribution is 2.24. The Kier molecular flexibility index (Phi) is 9.60. The third kappa shape index (κ3) is 7.37. The standard InChI is InChI=1S/C23H33NO4/c1-28-23(27)17-7-2-3-8-18-24-20(14-10-16-22(24)26)21(25)15-9-13-19-11-5-4-6-12-19/h4-6,11-12,15,20,25H,2-3,7-10,13-14,16-18H2,1H3/b21-15+. The summed E-state index contributed by atoms with van der Waals surface area (Å²) in [5, 5.41) is 10.6. The SMILES string of the molecule is COC(=O)CCCCCCN1C(=O)CCCC1/C(O)=C\CCc1ccccc1. The number of unbranched alkanes of at least 4 members (excludes halogenated alkanes) is 3. The van der Waals surface area contributed by atoms with E-state index >= 15 is 0 Å². The Morgan fingerprint density at radius 3 is 2.71 bits per heavy atom. The van der Waals surface area contributed by atoms with Gasteiger partial charge in [0.2, 0.25) is 5.91 Å². The fourth-order valence-electron chi connectivity index (χ4n) is 3.68. The van der Waals surface area contributed by atoms with E-state index in [1.165, 1.54) is 12.7 Å². The Hall–Kier alpha value is -2.30. The van der Waals surface area contributed by atoms with E-state index in [2.05, 4.69) is 16.9 Å². The molecule has 5 nitrogen and oxygen atoms in total. The van der Waals surface area contributed by atoms with Crippen molar-refractivity contribution in [1.82, 2.24) is 4.90 Å². The molecule has 1 fully saturated rings. The predicted octanol–water partition coefficient (Wildman–Crippen LogP) is 4.57. The van der Waals surface area contributed by atoms with Crippen LogP contribution in [0.4, 0.5) is 0 Å². The summed E-state index contributed by atoms with van der Waals surface area (Å²) in [6.07, 6.45) is 9.80. The molecule has 0 spiro atoms. The highest BCUT2D eigenvalue weighted by atomic mass is 16.5. The molecule has 1 N–H and O–H groups in total. The number of allylic oxidation sites excluding steroid dienone is 1. The number of carbonyl (C=O) groups excluding carboxylic acids is 2. The van der Waals surface area contributed by atoms with Gasteiger partial charge in [0.15, 0.2) is 0 Å². The maximum Gasteiger partial charge on any atom is 0.305 e. The number of benzene rings is 1. The molecule has 5 heteroatoms. The molecule has 1 aliphatic heterocycles. The van der Waals surface area contributed by atoms with E-state index in [0.717, 1.165) is 51.4 Å². The number of aliphatic hydroxyl groups is 1. The van der Waals surface area contributed by atoms with Crippen molar-refractivity contribution in [3.05, 3.63) is 47.7 Å². The average molecular weight is 388 g/mol. The molecule has 0 aromatic heterocycles. The number of hydrogen-bond donors (Lipinski definition) is 1. The molecule has 1 saturated heterocycles. The first-order valence-corrected chi connectivity index (χ1v) is 10.4. The maximum atomic E-state index is 12.4. The van der Waals surface area contributed by atoms with Crippen molar-refractivity contribution in [2.45, 2.75) is 70.3 Å². The number of esters is 1. The van der Waals surface area contributed by atoms with Crippen molar-refractivity contribution in [1.29, 1.82) is 0 Å². The van der Waals surface area contributed by atoms with Gasteiger partial charge >= 0.3 is 5.97 Å². The molecule has 0 radical (unpaired) electrons. The summed E-state index contributed by atoms with van der Waals surface area (Å²) in [5.74, 6) is 0.292. The van der Waals surface area contributed by atoms with E-state index in [-0.39, 0.29) is 17.9 Å². The molecule has 154 valence electrons. The minimum atomic E-state index is -0.188. The van der Waals surface area contributed by atoms with E-state index in [9.17, 15) is 14.7 Å². The second kappa shape index (κ2) is 12.2. The Balaban J connectivity index is 1.78. The fraction of sp³-hybridized carbons (Fsp3) is 0.565. The van der Waals surface area contributed by atoms with E-state index < -0.39 is 0 Å². The summed E-state index contributed by atoms with van der Waals surface area (Å²) in [6, 6.07) is 10.0. The summed E-state index contributed by atoms with van der Waals surface area (Å²) < 4.78 is 4.64. The zero-order valence-electron chi connectivity index (χ0n) is 16.9. The molecule has 1 aliphatic rings. The minimum absolute atomic E-state index is 0.133. The molecule has 1 unspecified atom stereocenters. The van der Waals surface area contributed by atoms with E-state index in [1.54, 1.807) is 0 Å². The maximum absolute atomic E-state index is 12.4. The first-order valence-electron chi connectivity index (χ1n) is 10.4. The molecule has 0 bridgehead atoms. The Bertz CT molecular complexity index is 641. The van der Waals surface area contributed by atoms with Crippen LogP contribution in [0.2, 0.25) is 0 Å². The summed E-state index contributed by atoms with van der Waals surface area (Å²) >= 11 is 0. The molecule has 28 heavy (non-hydrogen) atoms. The number of ether oxygens (including phenoxy) is 1. The molecule has 1 aromatic rings. The van der Waals surface area contributed by atoms with Gasteiger partial charge in [0.05, 0.1) is 13.2 Å². The molecule has 1 amide bonds. The number of piperidine rings is 1. The Labute approximate surface area is 168 Å². The highest BCUT2D eigenvalue weighted by molar-refractivity contribution is 5.77. The number of aryl methyl sites for hydroxylation is 1. The largest absolute Gasteiger partial charge is 0.510 e. The second-order valence-corrected chi connectivity index (χ2v) is 7.39. The zero-order valence-corrected chi connectivity index (χ0v) is 16.9. The summed E-state index contributed by atoms with van der Waals surface area (Å²) in [6.45, 7) is 0.665. The molecule has 1 aromatic carbocycles. The summed E-state index contributed by atoms with van der Waals surface area (Å²) in [7, 11) is 1.41. The molecular formula is C23H33NO4. The number of carbonyl (C=O) groups is 2. The number of nitrogens with zero attached hydrogens (tertiary/aromatic N) is 1. The van der Waals surface area contributed by atoms with Crippen LogP contribution in [0.3, 0.4) is 0 Å². The lowest BCUT2D eigenvalue weighted by atomic mass is 9.98. The second-order valence-electron chi connectivity index (χ2n) is 7.39. The number of amides is 1. The van der Waals surface area contributed by atoms with Crippen molar-refractivity contribution in [3.8, 4) is 0 Å². The summed E-state index contributed by atoms with van der Waals surface area (Å²) in [4.78, 5) is 25.3. The van der Waals surface area contributed by atoms with E-state index in [1.807, 2.05) is 29.2 Å². The van der Waals surface area contributed by atoms with Gasteiger partial charge < -0.3 is 14.7 Å². The van der Waals surface area contributed by atoms with E-state index in [4.69, 9.17) is 0 Å². The van der Waals surface area contributed by atoms with Crippen LogP contribution in [0.15, 0.2) is 42.2 Å². The molecule has 2 rings (SSSR count). The van der Waals surface area contributed by atoms with Crippen molar-refractivity contribution >= 4 is 11.9 Å². The molecule has 0 saturated carbocycles. The van der Waals surface area contributed by atoms with Gasteiger partial charge in [-0.1, -0.05) is 43.2 Å². The quantitative estimate of drug-likeness (QED) is 0.343. The number of aliphatic hydroxyl groups excluding tert-OH is 1. The van der Waals surface area contributed by atoms with Gasteiger partial charge in [-0.2, -0.15) is 0 Å². The number of hydrogen-bond acceptors (Lipinski definition) is 4. The van der Waals surface area contributed by atoms with Crippen LogP contribution in [-0.2, 0) is 20.7 Å². The van der Waals surface area contributed by atoms with Crippen LogP contribution in [0.25, 0.3) is 0 Å². The average Bonchev–Trinajstić information content (AvgIpc) is 2.71. The van der Waals surface area contributed by atoms with Crippen LogP contribution >= 0.6 is 0 Å². The van der Waals surface area contributed by atoms with Gasteiger partial charge in [0, 0.05) is 19.4 Å². The lowest BCUT2D eigenvalue weighted by Crippen LogP contribution is -2.45. The normalized spacial score (nSPS) is 17.6. The Morgan fingerprint density at radius 1 is 1.21 bits per heavy atom. The minimum Gasteiger partial charge on any atom is -0.510 e. The highest BCUT2D eigenvalue weighted by Gasteiger charge is 2.30. The van der Waals surface area contributed by atoms with Gasteiger partial charge in [-0.25, -0.2) is 0 Å². The monoisotopic (exact) mass is 387 g/mol.